The largest absolute Gasteiger partial charge is 1.00 e. The van der Waals surface area contributed by atoms with Crippen molar-refractivity contribution in [1.29, 1.82) is 0 Å². The molecule has 0 aromatic heterocycles. The molecule has 0 bridgehead atoms. The Labute approximate surface area is 87.4 Å². The zero-order valence-corrected chi connectivity index (χ0v) is 9.80. The van der Waals surface area contributed by atoms with Crippen LogP contribution in [0.3, 0.4) is 0 Å². The fourth-order valence-electron chi connectivity index (χ4n) is 0.305. The summed E-state index contributed by atoms with van der Waals surface area (Å²) in [6, 6.07) is 0. The molecule has 0 rings (SSSR count). The molecule has 0 aliphatic heterocycles. The molecule has 0 heterocycles. The standard InChI is InChI=1S/C4H10O3S2.Na/c1-2-3-4-8-9(5,6)7;/h2-4H2,1H3,(H,5,6,7);/q;+1/p-1. The van der Waals surface area contributed by atoms with Gasteiger partial charge in [0.25, 0.3) is 0 Å². The van der Waals surface area contributed by atoms with Crippen LogP contribution in [0.5, 0.6) is 0 Å². The van der Waals surface area contributed by atoms with E-state index in [1.54, 1.807) is 0 Å². The minimum Gasteiger partial charge on any atom is -0.739 e. The Morgan fingerprint density at radius 3 is 2.30 bits per heavy atom. The van der Waals surface area contributed by atoms with Crippen molar-refractivity contribution in [3.05, 3.63) is 0 Å². The van der Waals surface area contributed by atoms with Gasteiger partial charge in [0.2, 0.25) is 0 Å². The average molecular weight is 192 g/mol. The van der Waals surface area contributed by atoms with Gasteiger partial charge in [-0.3, -0.25) is 0 Å². The predicted octanol–water partition coefficient (Wildman–Crippen LogP) is -2.02. The summed E-state index contributed by atoms with van der Waals surface area (Å²) in [5.41, 5.74) is 0. The van der Waals surface area contributed by atoms with Crippen LogP contribution in [0.15, 0.2) is 0 Å². The number of hydrogen-bond donors (Lipinski definition) is 0. The van der Waals surface area contributed by atoms with Crippen molar-refractivity contribution in [1.82, 2.24) is 0 Å². The quantitative estimate of drug-likeness (QED) is 0.223. The Morgan fingerprint density at radius 1 is 1.50 bits per heavy atom. The van der Waals surface area contributed by atoms with Gasteiger partial charge in [-0.1, -0.05) is 13.3 Å². The first-order valence-electron chi connectivity index (χ1n) is 2.66. The van der Waals surface area contributed by atoms with Crippen LogP contribution in [0.2, 0.25) is 0 Å². The summed E-state index contributed by atoms with van der Waals surface area (Å²) in [4.78, 5) is 0. The molecular formula is C4H9NaO3S2. The molecule has 0 amide bonds. The molecule has 0 radical (unpaired) electrons. The molecule has 0 N–H and O–H groups in total. The van der Waals surface area contributed by atoms with E-state index in [1.807, 2.05) is 6.92 Å². The van der Waals surface area contributed by atoms with Crippen molar-refractivity contribution >= 4 is 19.9 Å². The third-order valence-electron chi connectivity index (χ3n) is 0.726. The first kappa shape index (κ1) is 13.8. The van der Waals surface area contributed by atoms with E-state index in [0.717, 1.165) is 12.8 Å². The van der Waals surface area contributed by atoms with Crippen molar-refractivity contribution in [2.75, 3.05) is 5.75 Å². The van der Waals surface area contributed by atoms with Crippen molar-refractivity contribution in [3.8, 4) is 0 Å². The second-order valence-electron chi connectivity index (χ2n) is 1.58. The van der Waals surface area contributed by atoms with Gasteiger partial charge in [0, 0.05) is 5.75 Å². The summed E-state index contributed by atoms with van der Waals surface area (Å²) in [5.74, 6) is 0.419. The fraction of sp³-hybridized carbons (Fsp3) is 1.00. The molecule has 0 aromatic rings. The van der Waals surface area contributed by atoms with Crippen LogP contribution in [0.25, 0.3) is 0 Å². The van der Waals surface area contributed by atoms with Crippen molar-refractivity contribution in [2.45, 2.75) is 19.8 Å². The third-order valence-corrected chi connectivity index (χ3v) is 2.84. The van der Waals surface area contributed by atoms with Crippen molar-refractivity contribution in [3.63, 3.8) is 0 Å². The summed E-state index contributed by atoms with van der Waals surface area (Å²) in [7, 11) is -3.55. The molecular weight excluding hydrogens is 183 g/mol. The van der Waals surface area contributed by atoms with Crippen LogP contribution in [-0.4, -0.2) is 18.7 Å². The van der Waals surface area contributed by atoms with Crippen LogP contribution in [0.1, 0.15) is 19.8 Å². The Kier molecular flexibility index (Phi) is 9.59. The van der Waals surface area contributed by atoms with Crippen LogP contribution in [-0.2, 0) is 9.15 Å². The molecule has 0 aliphatic rings. The summed E-state index contributed by atoms with van der Waals surface area (Å²) < 4.78 is 29.7. The number of unbranched alkanes of at least 4 members (excludes halogenated alkanes) is 1. The van der Waals surface area contributed by atoms with E-state index < -0.39 is 9.15 Å². The smallest absolute Gasteiger partial charge is 0.739 e. The molecule has 10 heavy (non-hydrogen) atoms. The normalized spacial score (nSPS) is 10.6. The second-order valence-corrected chi connectivity index (χ2v) is 4.98. The van der Waals surface area contributed by atoms with Gasteiger partial charge in [-0.15, -0.1) is 0 Å². The predicted molar refractivity (Wildman–Crippen MR) is 37.1 cm³/mol. The van der Waals surface area contributed by atoms with Crippen LogP contribution >= 0.6 is 10.8 Å². The van der Waals surface area contributed by atoms with E-state index in [9.17, 15) is 13.0 Å². The average Bonchev–Trinajstić information content (AvgIpc) is 1.63. The Morgan fingerprint density at radius 2 is 2.00 bits per heavy atom. The van der Waals surface area contributed by atoms with E-state index in [4.69, 9.17) is 0 Å². The maximum absolute atomic E-state index is 9.91. The summed E-state index contributed by atoms with van der Waals surface area (Å²) in [6.45, 7) is 1.94. The Balaban J connectivity index is 0. The van der Waals surface area contributed by atoms with Crippen LogP contribution in [0.4, 0.5) is 0 Å². The monoisotopic (exact) mass is 192 g/mol. The molecule has 6 heteroatoms. The van der Waals surface area contributed by atoms with Gasteiger partial charge >= 0.3 is 29.6 Å². The second kappa shape index (κ2) is 6.94. The summed E-state index contributed by atoms with van der Waals surface area (Å²) in [5, 5.41) is 0. The van der Waals surface area contributed by atoms with Gasteiger partial charge < -0.3 is 4.55 Å². The molecule has 0 unspecified atom stereocenters. The Hall–Kier alpha value is 1.26. The third kappa shape index (κ3) is 12.0. The molecule has 0 atom stereocenters. The van der Waals surface area contributed by atoms with Gasteiger partial charge in [0.15, 0.2) is 0 Å². The van der Waals surface area contributed by atoms with Crippen LogP contribution < -0.4 is 29.6 Å². The molecule has 0 aliphatic carbocycles. The summed E-state index contributed by atoms with van der Waals surface area (Å²) in [6.07, 6.45) is 1.70. The van der Waals surface area contributed by atoms with E-state index in [0.29, 0.717) is 16.5 Å². The maximum atomic E-state index is 9.91. The fourth-order valence-corrected chi connectivity index (χ4v) is 1.88. The van der Waals surface area contributed by atoms with Gasteiger partial charge in [0.05, 0.1) is 0 Å². The van der Waals surface area contributed by atoms with E-state index in [2.05, 4.69) is 0 Å². The van der Waals surface area contributed by atoms with Gasteiger partial charge in [-0.25, -0.2) is 8.42 Å². The topological polar surface area (TPSA) is 57.2 Å². The minimum absolute atomic E-state index is 0. The molecule has 0 saturated heterocycles. The number of hydrogen-bond acceptors (Lipinski definition) is 4. The zero-order valence-electron chi connectivity index (χ0n) is 6.16. The molecule has 0 saturated carbocycles. The van der Waals surface area contributed by atoms with Crippen molar-refractivity contribution in [2.24, 2.45) is 0 Å². The number of rotatable bonds is 4. The van der Waals surface area contributed by atoms with Gasteiger partial charge in [-0.05, 0) is 17.2 Å². The van der Waals surface area contributed by atoms with Gasteiger partial charge in [-0.2, -0.15) is 0 Å². The molecule has 56 valence electrons. The SMILES string of the molecule is CCCCSS(=O)(=O)[O-].[Na+]. The molecule has 0 spiro atoms. The zero-order chi connectivity index (χ0) is 7.33. The van der Waals surface area contributed by atoms with Crippen molar-refractivity contribution < 1.29 is 42.5 Å². The van der Waals surface area contributed by atoms with E-state index in [-0.39, 0.29) is 29.6 Å². The molecule has 3 nitrogen and oxygen atoms in total. The Bertz CT molecular complexity index is 154. The first-order chi connectivity index (χ1) is 4.06. The van der Waals surface area contributed by atoms with Gasteiger partial charge in [0.1, 0.15) is 9.15 Å². The van der Waals surface area contributed by atoms with E-state index >= 15 is 0 Å². The van der Waals surface area contributed by atoms with E-state index in [1.165, 1.54) is 0 Å². The maximum Gasteiger partial charge on any atom is 1.00 e. The minimum atomic E-state index is -4.03. The molecule has 0 aromatic carbocycles. The van der Waals surface area contributed by atoms with Crippen LogP contribution in [0, 0.1) is 0 Å². The first-order valence-corrected chi connectivity index (χ1v) is 5.57. The summed E-state index contributed by atoms with van der Waals surface area (Å²) >= 11 is 0. The molecule has 0 fully saturated rings.